The quantitative estimate of drug-likeness (QED) is 0.856. The number of carbonyl (C=O) groups is 1. The molecule has 6 heteroatoms. The first-order chi connectivity index (χ1) is 12.7. The Bertz CT molecular complexity index is 725. The van der Waals surface area contributed by atoms with Crippen molar-refractivity contribution < 1.29 is 9.53 Å². The normalized spacial score (nSPS) is 14.9. The first-order valence-electron chi connectivity index (χ1n) is 8.92. The number of nitrogens with one attached hydrogen (secondary N) is 1. The van der Waals surface area contributed by atoms with Gasteiger partial charge in [0.15, 0.2) is 0 Å². The van der Waals surface area contributed by atoms with Gasteiger partial charge < -0.3 is 19.9 Å². The maximum absolute atomic E-state index is 12.2. The van der Waals surface area contributed by atoms with Crippen LogP contribution in [0, 0.1) is 0 Å². The minimum atomic E-state index is -0.0300. The molecule has 0 radical (unpaired) electrons. The van der Waals surface area contributed by atoms with Crippen LogP contribution in [0.5, 0.6) is 5.75 Å². The van der Waals surface area contributed by atoms with Crippen LogP contribution >= 0.6 is 0 Å². The molecular weight excluding hydrogens is 328 g/mol. The SMILES string of the molecule is COc1ccccc1CC(=O)NCc1ccc(N2CCN(C)CC2)nc1. The van der Waals surface area contributed by atoms with Gasteiger partial charge >= 0.3 is 0 Å². The van der Waals surface area contributed by atoms with E-state index in [0.29, 0.717) is 13.0 Å². The van der Waals surface area contributed by atoms with Gasteiger partial charge in [-0.25, -0.2) is 4.98 Å². The number of carbonyl (C=O) groups excluding carboxylic acids is 1. The fourth-order valence-electron chi connectivity index (χ4n) is 3.03. The first-order valence-corrected chi connectivity index (χ1v) is 8.92. The Morgan fingerprint density at radius 3 is 2.62 bits per heavy atom. The lowest BCUT2D eigenvalue weighted by Crippen LogP contribution is -2.44. The summed E-state index contributed by atoms with van der Waals surface area (Å²) in [4.78, 5) is 21.4. The Balaban J connectivity index is 1.50. The third kappa shape index (κ3) is 4.73. The van der Waals surface area contributed by atoms with Gasteiger partial charge in [0, 0.05) is 44.5 Å². The minimum absolute atomic E-state index is 0.0300. The van der Waals surface area contributed by atoms with Gasteiger partial charge in [0.25, 0.3) is 0 Å². The van der Waals surface area contributed by atoms with Crippen LogP contribution in [0.15, 0.2) is 42.6 Å². The van der Waals surface area contributed by atoms with Gasteiger partial charge in [-0.1, -0.05) is 24.3 Å². The van der Waals surface area contributed by atoms with Gasteiger partial charge in [-0.2, -0.15) is 0 Å². The van der Waals surface area contributed by atoms with Gasteiger partial charge in [0.2, 0.25) is 5.91 Å². The molecular formula is C20H26N4O2. The first kappa shape index (κ1) is 18.2. The standard InChI is InChI=1S/C20H26N4O2/c1-23-9-11-24(12-10-23)19-8-7-16(14-21-19)15-22-20(25)13-17-5-3-4-6-18(17)26-2/h3-8,14H,9-13,15H2,1-2H3,(H,22,25). The summed E-state index contributed by atoms with van der Waals surface area (Å²) in [5, 5.41) is 2.95. The third-order valence-electron chi connectivity index (χ3n) is 4.67. The second-order valence-electron chi connectivity index (χ2n) is 6.58. The van der Waals surface area contributed by atoms with E-state index < -0.39 is 0 Å². The molecule has 0 unspecified atom stereocenters. The number of hydrogen-bond acceptors (Lipinski definition) is 5. The van der Waals surface area contributed by atoms with Gasteiger partial charge in [-0.15, -0.1) is 0 Å². The summed E-state index contributed by atoms with van der Waals surface area (Å²) in [5.74, 6) is 1.71. The fraction of sp³-hybridized carbons (Fsp3) is 0.400. The van der Waals surface area contributed by atoms with Crippen molar-refractivity contribution in [3.63, 3.8) is 0 Å². The van der Waals surface area contributed by atoms with E-state index in [-0.39, 0.29) is 5.91 Å². The topological polar surface area (TPSA) is 57.7 Å². The highest BCUT2D eigenvalue weighted by atomic mass is 16.5. The van der Waals surface area contributed by atoms with Gasteiger partial charge in [0.1, 0.15) is 11.6 Å². The highest BCUT2D eigenvalue weighted by molar-refractivity contribution is 5.79. The number of likely N-dealkylation sites (N-methyl/N-ethyl adjacent to an activating group) is 1. The van der Waals surface area contributed by atoms with Gasteiger partial charge in [-0.05, 0) is 24.7 Å². The molecule has 138 valence electrons. The van der Waals surface area contributed by atoms with Crippen LogP contribution in [0.3, 0.4) is 0 Å². The number of para-hydroxylation sites is 1. The molecule has 1 N–H and O–H groups in total. The molecule has 2 heterocycles. The fourth-order valence-corrected chi connectivity index (χ4v) is 3.03. The van der Waals surface area contributed by atoms with Gasteiger partial charge in [0.05, 0.1) is 13.5 Å². The average molecular weight is 354 g/mol. The maximum atomic E-state index is 12.2. The highest BCUT2D eigenvalue weighted by Crippen LogP contribution is 2.18. The lowest BCUT2D eigenvalue weighted by Gasteiger charge is -2.33. The van der Waals surface area contributed by atoms with Crippen molar-refractivity contribution in [2.45, 2.75) is 13.0 Å². The number of rotatable bonds is 6. The molecule has 0 bridgehead atoms. The molecule has 1 saturated heterocycles. The molecule has 1 amide bonds. The van der Waals surface area contributed by atoms with Crippen molar-refractivity contribution in [1.29, 1.82) is 0 Å². The third-order valence-corrected chi connectivity index (χ3v) is 4.67. The van der Waals surface area contributed by atoms with Crippen LogP contribution in [0.25, 0.3) is 0 Å². The summed E-state index contributed by atoms with van der Waals surface area (Å²) in [6, 6.07) is 11.6. The lowest BCUT2D eigenvalue weighted by atomic mass is 10.1. The zero-order valence-electron chi connectivity index (χ0n) is 15.4. The van der Waals surface area contributed by atoms with Crippen LogP contribution in [0.1, 0.15) is 11.1 Å². The van der Waals surface area contributed by atoms with Crippen molar-refractivity contribution in [1.82, 2.24) is 15.2 Å². The highest BCUT2D eigenvalue weighted by Gasteiger charge is 2.15. The molecule has 26 heavy (non-hydrogen) atoms. The number of pyridine rings is 1. The molecule has 0 aliphatic carbocycles. The number of ether oxygens (including phenoxy) is 1. The van der Waals surface area contributed by atoms with E-state index in [4.69, 9.17) is 4.74 Å². The molecule has 1 aliphatic heterocycles. The largest absolute Gasteiger partial charge is 0.496 e. The second-order valence-corrected chi connectivity index (χ2v) is 6.58. The van der Waals surface area contributed by atoms with E-state index in [9.17, 15) is 4.79 Å². The summed E-state index contributed by atoms with van der Waals surface area (Å²) in [5.41, 5.74) is 1.88. The van der Waals surface area contributed by atoms with E-state index >= 15 is 0 Å². The number of methoxy groups -OCH3 is 1. The van der Waals surface area contributed by atoms with E-state index in [1.807, 2.05) is 42.6 Å². The number of benzene rings is 1. The van der Waals surface area contributed by atoms with Crippen LogP contribution < -0.4 is 15.0 Å². The molecule has 2 aromatic rings. The number of anilines is 1. The van der Waals surface area contributed by atoms with E-state index in [0.717, 1.165) is 48.9 Å². The summed E-state index contributed by atoms with van der Waals surface area (Å²) < 4.78 is 5.29. The number of aromatic nitrogens is 1. The van der Waals surface area contributed by atoms with E-state index in [2.05, 4.69) is 27.1 Å². The number of piperazine rings is 1. The Morgan fingerprint density at radius 1 is 1.15 bits per heavy atom. The average Bonchev–Trinajstić information content (AvgIpc) is 2.68. The molecule has 0 spiro atoms. The zero-order chi connectivity index (χ0) is 18.4. The summed E-state index contributed by atoms with van der Waals surface area (Å²) in [6.07, 6.45) is 2.15. The number of nitrogens with zero attached hydrogens (tertiary/aromatic N) is 3. The van der Waals surface area contributed by atoms with E-state index in [1.165, 1.54) is 0 Å². The van der Waals surface area contributed by atoms with Crippen LogP contribution in [-0.4, -0.2) is 56.1 Å². The Morgan fingerprint density at radius 2 is 1.92 bits per heavy atom. The molecule has 3 rings (SSSR count). The lowest BCUT2D eigenvalue weighted by molar-refractivity contribution is -0.120. The maximum Gasteiger partial charge on any atom is 0.224 e. The number of hydrogen-bond donors (Lipinski definition) is 1. The predicted molar refractivity (Wildman–Crippen MR) is 102 cm³/mol. The van der Waals surface area contributed by atoms with Crippen LogP contribution in [0.2, 0.25) is 0 Å². The summed E-state index contributed by atoms with van der Waals surface area (Å²) >= 11 is 0. The monoisotopic (exact) mass is 354 g/mol. The minimum Gasteiger partial charge on any atom is -0.496 e. The van der Waals surface area contributed by atoms with Crippen LogP contribution in [0.4, 0.5) is 5.82 Å². The van der Waals surface area contributed by atoms with Crippen molar-refractivity contribution >= 4 is 11.7 Å². The van der Waals surface area contributed by atoms with Crippen molar-refractivity contribution in [2.75, 3.05) is 45.2 Å². The zero-order valence-corrected chi connectivity index (χ0v) is 15.4. The molecule has 1 aliphatic rings. The van der Waals surface area contributed by atoms with Gasteiger partial charge in [-0.3, -0.25) is 4.79 Å². The predicted octanol–water partition coefficient (Wildman–Crippen LogP) is 1.70. The molecule has 0 saturated carbocycles. The van der Waals surface area contributed by atoms with Crippen molar-refractivity contribution in [3.8, 4) is 5.75 Å². The number of amides is 1. The smallest absolute Gasteiger partial charge is 0.224 e. The Labute approximate surface area is 154 Å². The van der Waals surface area contributed by atoms with Crippen LogP contribution in [-0.2, 0) is 17.8 Å². The molecule has 1 fully saturated rings. The Kier molecular flexibility index (Phi) is 6.07. The summed E-state index contributed by atoms with van der Waals surface area (Å²) in [7, 11) is 3.76. The Hall–Kier alpha value is -2.60. The van der Waals surface area contributed by atoms with Crippen molar-refractivity contribution in [2.24, 2.45) is 0 Å². The second kappa shape index (κ2) is 8.67. The van der Waals surface area contributed by atoms with E-state index in [1.54, 1.807) is 7.11 Å². The van der Waals surface area contributed by atoms with Crippen molar-refractivity contribution in [3.05, 3.63) is 53.7 Å². The molecule has 1 aromatic heterocycles. The summed E-state index contributed by atoms with van der Waals surface area (Å²) in [6.45, 7) is 4.59. The molecule has 6 nitrogen and oxygen atoms in total. The molecule has 1 aromatic carbocycles. The molecule has 0 atom stereocenters.